The van der Waals surface area contributed by atoms with E-state index in [2.05, 4.69) is 27.3 Å². The Labute approximate surface area is 164 Å². The maximum Gasteiger partial charge on any atom is 0.228 e. The third kappa shape index (κ3) is 4.70. The number of carbonyl (C=O) groups is 1. The fourth-order valence-corrected chi connectivity index (χ4v) is 3.07. The minimum atomic E-state index is -0.298. The normalized spacial score (nSPS) is 19.4. The minimum Gasteiger partial charge on any atom is -0.335 e. The smallest absolute Gasteiger partial charge is 0.228 e. The van der Waals surface area contributed by atoms with Crippen LogP contribution in [0.3, 0.4) is 0 Å². The second kappa shape index (κ2) is 8.59. The van der Waals surface area contributed by atoms with E-state index in [9.17, 15) is 4.79 Å². The Morgan fingerprint density at radius 3 is 2.85 bits per heavy atom. The molecule has 7 heteroatoms. The summed E-state index contributed by atoms with van der Waals surface area (Å²) in [6, 6.07) is 7.45. The fourth-order valence-electron chi connectivity index (χ4n) is 2.88. The number of hydrogen-bond donors (Lipinski definition) is 3. The molecule has 1 aromatic heterocycles. The van der Waals surface area contributed by atoms with Crippen molar-refractivity contribution in [1.82, 2.24) is 25.9 Å². The van der Waals surface area contributed by atoms with E-state index < -0.39 is 0 Å². The van der Waals surface area contributed by atoms with E-state index in [-0.39, 0.29) is 18.0 Å². The summed E-state index contributed by atoms with van der Waals surface area (Å²) in [6.07, 6.45) is 7.91. The van der Waals surface area contributed by atoms with Gasteiger partial charge >= 0.3 is 0 Å². The van der Waals surface area contributed by atoms with Crippen molar-refractivity contribution in [2.24, 2.45) is 5.92 Å². The van der Waals surface area contributed by atoms with Crippen LogP contribution in [-0.4, -0.2) is 21.9 Å². The molecule has 0 radical (unpaired) electrons. The van der Waals surface area contributed by atoms with Crippen LogP contribution in [-0.2, 0) is 4.79 Å². The predicted octanol–water partition coefficient (Wildman–Crippen LogP) is 3.50. The Morgan fingerprint density at radius 2 is 2.15 bits per heavy atom. The maximum absolute atomic E-state index is 12.5. The van der Waals surface area contributed by atoms with Gasteiger partial charge < -0.3 is 10.7 Å². The zero-order valence-corrected chi connectivity index (χ0v) is 16.6. The molecule has 0 spiro atoms. The summed E-state index contributed by atoms with van der Waals surface area (Å²) in [7, 11) is 0. The number of hydrogen-bond acceptors (Lipinski definition) is 4. The number of allylic oxidation sites excluding steroid dienone is 1. The quantitative estimate of drug-likeness (QED) is 0.734. The number of amides is 1. The van der Waals surface area contributed by atoms with Crippen molar-refractivity contribution < 1.29 is 4.79 Å². The molecule has 4 rings (SSSR count). The van der Waals surface area contributed by atoms with Gasteiger partial charge in [-0.05, 0) is 50.0 Å². The molecule has 2 unspecified atom stereocenters. The summed E-state index contributed by atoms with van der Waals surface area (Å²) in [5.41, 5.74) is 9.15. The first-order valence-electron chi connectivity index (χ1n) is 9.44. The van der Waals surface area contributed by atoms with E-state index >= 15 is 0 Å². The molecule has 3 N–H and O–H groups in total. The summed E-state index contributed by atoms with van der Waals surface area (Å²) in [5.74, 6) is 0.286. The standard InChI is InChI=1S/C18H20ClN5O.C2H6/c1-11(18(25)21-17-8-16(22-23-17)12-5-6-12)13-9-20-24(10-13)15-4-2-3-14(19)7-15;1-2/h2-4,7-12,17,22-23H,5-6H2,1H3,(H,21,25);1-2H3. The van der Waals surface area contributed by atoms with Crippen LogP contribution in [0, 0.1) is 5.92 Å². The monoisotopic (exact) mass is 387 g/mol. The lowest BCUT2D eigenvalue weighted by molar-refractivity contribution is -0.122. The molecule has 27 heavy (non-hydrogen) atoms. The molecule has 1 saturated carbocycles. The Balaban J connectivity index is 0.00000102. The Morgan fingerprint density at radius 1 is 1.37 bits per heavy atom. The van der Waals surface area contributed by atoms with Gasteiger partial charge in [0.15, 0.2) is 0 Å². The van der Waals surface area contributed by atoms with Crippen LogP contribution >= 0.6 is 11.6 Å². The molecule has 0 saturated heterocycles. The first-order valence-corrected chi connectivity index (χ1v) is 9.82. The third-order valence-electron chi connectivity index (χ3n) is 4.60. The number of nitrogens with zero attached hydrogens (tertiary/aromatic N) is 2. The number of halogens is 1. The van der Waals surface area contributed by atoms with Crippen LogP contribution in [0.2, 0.25) is 5.02 Å². The lowest BCUT2D eigenvalue weighted by Crippen LogP contribution is -2.46. The lowest BCUT2D eigenvalue weighted by atomic mass is 10.0. The van der Waals surface area contributed by atoms with E-state index in [1.165, 1.54) is 18.5 Å². The highest BCUT2D eigenvalue weighted by Gasteiger charge is 2.30. The molecular weight excluding hydrogens is 362 g/mol. The third-order valence-corrected chi connectivity index (χ3v) is 4.84. The van der Waals surface area contributed by atoms with E-state index in [4.69, 9.17) is 11.6 Å². The maximum atomic E-state index is 12.5. The Hall–Kier alpha value is -2.31. The number of carbonyl (C=O) groups excluding carboxylic acids is 1. The van der Waals surface area contributed by atoms with Crippen LogP contribution in [0.5, 0.6) is 0 Å². The largest absolute Gasteiger partial charge is 0.335 e. The number of hydrazine groups is 1. The molecule has 1 amide bonds. The van der Waals surface area contributed by atoms with Crippen LogP contribution in [0.1, 0.15) is 45.1 Å². The molecule has 2 aromatic rings. The first kappa shape index (κ1) is 19.5. The van der Waals surface area contributed by atoms with Gasteiger partial charge in [-0.15, -0.1) is 0 Å². The molecule has 144 valence electrons. The van der Waals surface area contributed by atoms with Crippen LogP contribution in [0.15, 0.2) is 48.4 Å². The summed E-state index contributed by atoms with van der Waals surface area (Å²) in [5, 5.41) is 8.00. The average molecular weight is 388 g/mol. The highest BCUT2D eigenvalue weighted by Crippen LogP contribution is 2.35. The van der Waals surface area contributed by atoms with Gasteiger partial charge in [0, 0.05) is 22.5 Å². The van der Waals surface area contributed by atoms with Crippen LogP contribution < -0.4 is 16.2 Å². The molecule has 2 heterocycles. The van der Waals surface area contributed by atoms with E-state index in [1.54, 1.807) is 10.9 Å². The molecule has 2 atom stereocenters. The number of nitrogens with one attached hydrogen (secondary N) is 3. The van der Waals surface area contributed by atoms with Gasteiger partial charge in [0.1, 0.15) is 6.17 Å². The number of rotatable bonds is 5. The fraction of sp³-hybridized carbons (Fsp3) is 0.400. The molecule has 1 aliphatic heterocycles. The SMILES string of the molecule is CC.CC(C(=O)NC1C=C(C2CC2)NN1)c1cnn(-c2cccc(Cl)c2)c1. The topological polar surface area (TPSA) is 71.0 Å². The van der Waals surface area contributed by atoms with Crippen molar-refractivity contribution in [3.63, 3.8) is 0 Å². The summed E-state index contributed by atoms with van der Waals surface area (Å²) < 4.78 is 1.73. The highest BCUT2D eigenvalue weighted by atomic mass is 35.5. The predicted molar refractivity (Wildman–Crippen MR) is 107 cm³/mol. The Bertz CT molecular complexity index is 827. The molecule has 2 aliphatic rings. The summed E-state index contributed by atoms with van der Waals surface area (Å²) in [6.45, 7) is 5.88. The highest BCUT2D eigenvalue weighted by molar-refractivity contribution is 6.30. The zero-order chi connectivity index (χ0) is 19.4. The molecule has 1 aliphatic carbocycles. The number of aromatic nitrogens is 2. The van der Waals surface area contributed by atoms with Crippen molar-refractivity contribution >= 4 is 17.5 Å². The molecule has 0 bridgehead atoms. The summed E-state index contributed by atoms with van der Waals surface area (Å²) >= 11 is 6.02. The van der Waals surface area contributed by atoms with Crippen molar-refractivity contribution in [1.29, 1.82) is 0 Å². The summed E-state index contributed by atoms with van der Waals surface area (Å²) in [4.78, 5) is 12.5. The second-order valence-corrected chi connectivity index (χ2v) is 7.01. The van der Waals surface area contributed by atoms with Gasteiger partial charge in [-0.25, -0.2) is 10.1 Å². The van der Waals surface area contributed by atoms with Crippen LogP contribution in [0.25, 0.3) is 5.69 Å². The van der Waals surface area contributed by atoms with Crippen molar-refractivity contribution in [3.8, 4) is 5.69 Å². The molecular formula is C20H26ClN5O. The van der Waals surface area contributed by atoms with Crippen molar-refractivity contribution in [2.45, 2.75) is 45.7 Å². The average Bonchev–Trinajstić information content (AvgIpc) is 3.23. The lowest BCUT2D eigenvalue weighted by Gasteiger charge is -2.15. The van der Waals surface area contributed by atoms with Gasteiger partial charge in [-0.2, -0.15) is 5.10 Å². The number of benzene rings is 1. The van der Waals surface area contributed by atoms with E-state index in [1.807, 2.05) is 51.2 Å². The van der Waals surface area contributed by atoms with Crippen molar-refractivity contribution in [2.75, 3.05) is 0 Å². The Kier molecular flexibility index (Phi) is 6.19. The second-order valence-electron chi connectivity index (χ2n) is 6.57. The first-order chi connectivity index (χ1) is 13.1. The zero-order valence-electron chi connectivity index (χ0n) is 15.9. The van der Waals surface area contributed by atoms with Gasteiger partial charge in [-0.1, -0.05) is 31.5 Å². The minimum absolute atomic E-state index is 0.0433. The van der Waals surface area contributed by atoms with Gasteiger partial charge in [0.2, 0.25) is 5.91 Å². The molecule has 1 aromatic carbocycles. The van der Waals surface area contributed by atoms with Gasteiger partial charge in [0.25, 0.3) is 0 Å². The van der Waals surface area contributed by atoms with Crippen LogP contribution in [0.4, 0.5) is 0 Å². The molecule has 1 fully saturated rings. The van der Waals surface area contributed by atoms with Gasteiger partial charge in [0.05, 0.1) is 17.8 Å². The molecule has 6 nitrogen and oxygen atoms in total. The van der Waals surface area contributed by atoms with Gasteiger partial charge in [-0.3, -0.25) is 4.79 Å². The van der Waals surface area contributed by atoms with Crippen molar-refractivity contribution in [3.05, 3.63) is 59.0 Å². The van der Waals surface area contributed by atoms with E-state index in [0.29, 0.717) is 10.9 Å². The van der Waals surface area contributed by atoms with E-state index in [0.717, 1.165) is 11.3 Å².